The van der Waals surface area contributed by atoms with Gasteiger partial charge in [-0.05, 0) is 124 Å². The molecule has 0 spiro atoms. The number of fused-ring (bicyclic) bond motifs is 9. The van der Waals surface area contributed by atoms with Crippen molar-refractivity contribution in [3.63, 3.8) is 0 Å². The Morgan fingerprint density at radius 3 is 1.33 bits per heavy atom. The molecule has 0 aliphatic heterocycles. The lowest BCUT2D eigenvalue weighted by Crippen LogP contribution is -2.10. The van der Waals surface area contributed by atoms with E-state index in [4.69, 9.17) is 4.42 Å². The summed E-state index contributed by atoms with van der Waals surface area (Å²) in [6, 6.07) is 94.0. The highest BCUT2D eigenvalue weighted by molar-refractivity contribution is 6.12. The van der Waals surface area contributed by atoms with Crippen LogP contribution in [0.5, 0.6) is 0 Å². The fraction of sp³-hybridized carbons (Fsp3) is 0. The summed E-state index contributed by atoms with van der Waals surface area (Å²) >= 11 is 0. The van der Waals surface area contributed by atoms with E-state index in [1.165, 1.54) is 60.3 Å². The Hall–Kier alpha value is -9.38. The third-order valence-corrected chi connectivity index (χ3v) is 14.1. The molecule has 70 heavy (non-hydrogen) atoms. The average molecular weight is 894 g/mol. The Kier molecular flexibility index (Phi) is 9.17. The standard InChI is InChI=1S/C66H43N3O/c1-3-14-50(15-4-1)68-61-23-11-8-19-55(61)59-42-48(35-41-62(59)68)47-32-38-53(39-33-47)67(63-24-13-21-58-57-20-9-12-25-65(57)70-66(58)63)52-36-30-45(31-37-52)44-26-28-46(29-27-44)49-34-40-56-54-18-7-10-22-60(54)69(64(56)43-49)51-16-5-2-6-17-51/h1-43H. The van der Waals surface area contributed by atoms with Gasteiger partial charge in [-0.2, -0.15) is 0 Å². The average Bonchev–Trinajstić information content (AvgIpc) is 4.10. The molecule has 0 saturated carbocycles. The Labute approximate surface area is 404 Å². The summed E-state index contributed by atoms with van der Waals surface area (Å²) in [4.78, 5) is 2.32. The van der Waals surface area contributed by atoms with Gasteiger partial charge in [-0.15, -0.1) is 0 Å². The molecule has 328 valence electrons. The van der Waals surface area contributed by atoms with Gasteiger partial charge in [0.25, 0.3) is 0 Å². The normalized spacial score (nSPS) is 11.7. The third-order valence-electron chi connectivity index (χ3n) is 14.1. The molecule has 3 aromatic heterocycles. The lowest BCUT2D eigenvalue weighted by atomic mass is 9.99. The maximum atomic E-state index is 6.67. The number of anilines is 3. The topological polar surface area (TPSA) is 26.2 Å². The van der Waals surface area contributed by atoms with Crippen molar-refractivity contribution in [1.82, 2.24) is 9.13 Å². The second-order valence-electron chi connectivity index (χ2n) is 18.1. The molecule has 0 saturated heterocycles. The first-order valence-corrected chi connectivity index (χ1v) is 23.9. The van der Waals surface area contributed by atoms with Crippen LogP contribution in [-0.4, -0.2) is 9.13 Å². The van der Waals surface area contributed by atoms with Gasteiger partial charge in [-0.25, -0.2) is 0 Å². The maximum absolute atomic E-state index is 6.67. The predicted octanol–water partition coefficient (Wildman–Crippen LogP) is 18.3. The van der Waals surface area contributed by atoms with Crippen LogP contribution in [0.2, 0.25) is 0 Å². The molecular weight excluding hydrogens is 851 g/mol. The molecular formula is C66H43N3O. The van der Waals surface area contributed by atoms with Crippen molar-refractivity contribution in [1.29, 1.82) is 0 Å². The molecule has 0 fully saturated rings. The van der Waals surface area contributed by atoms with Crippen LogP contribution >= 0.6 is 0 Å². The summed E-state index contributed by atoms with van der Waals surface area (Å²) in [6.45, 7) is 0. The first-order chi connectivity index (χ1) is 34.7. The van der Waals surface area contributed by atoms with E-state index in [1.807, 2.05) is 6.07 Å². The zero-order valence-corrected chi connectivity index (χ0v) is 38.1. The Balaban J connectivity index is 0.820. The van der Waals surface area contributed by atoms with Gasteiger partial charge in [-0.1, -0.05) is 170 Å². The fourth-order valence-corrected chi connectivity index (χ4v) is 10.8. The molecule has 0 N–H and O–H groups in total. The van der Waals surface area contributed by atoms with Crippen LogP contribution in [0, 0.1) is 0 Å². The zero-order valence-electron chi connectivity index (χ0n) is 38.1. The van der Waals surface area contributed by atoms with Gasteiger partial charge in [0.1, 0.15) is 5.58 Å². The lowest BCUT2D eigenvalue weighted by molar-refractivity contribution is 0.669. The largest absolute Gasteiger partial charge is 0.454 e. The number of rotatable bonds is 8. The molecule has 4 nitrogen and oxygen atoms in total. The van der Waals surface area contributed by atoms with Crippen LogP contribution in [-0.2, 0) is 0 Å². The SMILES string of the molecule is c1ccc(-n2c3ccccc3c3cc(-c4ccc(N(c5ccc(-c6ccc(-c7ccc8c9ccccc9n(-c9ccccc9)c8c7)cc6)cc5)c5cccc6c5oc5ccccc56)cc4)ccc32)cc1. The van der Waals surface area contributed by atoms with Gasteiger partial charge >= 0.3 is 0 Å². The summed E-state index contributed by atoms with van der Waals surface area (Å²) in [7, 11) is 0. The molecule has 11 aromatic carbocycles. The van der Waals surface area contributed by atoms with E-state index in [-0.39, 0.29) is 0 Å². The van der Waals surface area contributed by atoms with Crippen molar-refractivity contribution in [3.8, 4) is 44.8 Å². The summed E-state index contributed by atoms with van der Waals surface area (Å²) in [5, 5.41) is 7.19. The predicted molar refractivity (Wildman–Crippen MR) is 293 cm³/mol. The summed E-state index contributed by atoms with van der Waals surface area (Å²) in [5.74, 6) is 0. The van der Waals surface area contributed by atoms with Crippen LogP contribution in [0.4, 0.5) is 17.1 Å². The van der Waals surface area contributed by atoms with Gasteiger partial charge in [0.2, 0.25) is 0 Å². The first kappa shape index (κ1) is 39.8. The van der Waals surface area contributed by atoms with Gasteiger partial charge in [0, 0.05) is 55.1 Å². The number of benzene rings is 11. The van der Waals surface area contributed by atoms with Crippen LogP contribution in [0.15, 0.2) is 265 Å². The molecule has 0 aliphatic rings. The Morgan fingerprint density at radius 2 is 0.700 bits per heavy atom. The number of nitrogens with zero attached hydrogens (tertiary/aromatic N) is 3. The van der Waals surface area contributed by atoms with Gasteiger partial charge in [0.05, 0.1) is 27.8 Å². The van der Waals surface area contributed by atoms with E-state index >= 15 is 0 Å². The van der Waals surface area contributed by atoms with Crippen molar-refractivity contribution in [2.75, 3.05) is 4.90 Å². The van der Waals surface area contributed by atoms with E-state index in [1.54, 1.807) is 0 Å². The van der Waals surface area contributed by atoms with E-state index < -0.39 is 0 Å². The molecule has 4 heteroatoms. The number of hydrogen-bond donors (Lipinski definition) is 0. The lowest BCUT2D eigenvalue weighted by Gasteiger charge is -2.26. The molecule has 0 amide bonds. The highest BCUT2D eigenvalue weighted by Crippen LogP contribution is 2.44. The maximum Gasteiger partial charge on any atom is 0.159 e. The Bertz CT molecular complexity index is 4260. The minimum Gasteiger partial charge on any atom is -0.454 e. The third kappa shape index (κ3) is 6.46. The number of hydrogen-bond acceptors (Lipinski definition) is 2. The minimum absolute atomic E-state index is 0.857. The fourth-order valence-electron chi connectivity index (χ4n) is 10.8. The van der Waals surface area contributed by atoms with Crippen molar-refractivity contribution >= 4 is 82.6 Å². The van der Waals surface area contributed by atoms with Crippen molar-refractivity contribution in [2.24, 2.45) is 0 Å². The quantitative estimate of drug-likeness (QED) is 0.152. The smallest absolute Gasteiger partial charge is 0.159 e. The van der Waals surface area contributed by atoms with Gasteiger partial charge in [0.15, 0.2) is 5.58 Å². The summed E-state index contributed by atoms with van der Waals surface area (Å²) < 4.78 is 11.4. The summed E-state index contributed by atoms with van der Waals surface area (Å²) in [5.41, 5.74) is 18.9. The zero-order chi connectivity index (χ0) is 46.1. The van der Waals surface area contributed by atoms with E-state index in [0.29, 0.717) is 0 Å². The molecule has 0 unspecified atom stereocenters. The second-order valence-corrected chi connectivity index (χ2v) is 18.1. The van der Waals surface area contributed by atoms with Crippen molar-refractivity contribution in [2.45, 2.75) is 0 Å². The highest BCUT2D eigenvalue weighted by Gasteiger charge is 2.21. The van der Waals surface area contributed by atoms with E-state index in [2.05, 4.69) is 269 Å². The molecule has 14 rings (SSSR count). The molecule has 14 aromatic rings. The monoisotopic (exact) mass is 893 g/mol. The van der Waals surface area contributed by atoms with E-state index in [9.17, 15) is 0 Å². The van der Waals surface area contributed by atoms with Crippen molar-refractivity contribution < 1.29 is 4.42 Å². The van der Waals surface area contributed by atoms with Crippen LogP contribution < -0.4 is 4.90 Å². The molecule has 0 atom stereocenters. The highest BCUT2D eigenvalue weighted by atomic mass is 16.3. The number of para-hydroxylation sites is 6. The van der Waals surface area contributed by atoms with Crippen LogP contribution in [0.3, 0.4) is 0 Å². The molecule has 0 aliphatic carbocycles. The molecule has 0 bridgehead atoms. The summed E-state index contributed by atoms with van der Waals surface area (Å²) in [6.07, 6.45) is 0. The minimum atomic E-state index is 0.857. The van der Waals surface area contributed by atoms with Crippen molar-refractivity contribution in [3.05, 3.63) is 261 Å². The molecule has 0 radical (unpaired) electrons. The van der Waals surface area contributed by atoms with Crippen LogP contribution in [0.25, 0.3) is 110 Å². The number of furan rings is 1. The number of aromatic nitrogens is 2. The first-order valence-electron chi connectivity index (χ1n) is 23.9. The van der Waals surface area contributed by atoms with Gasteiger partial charge in [-0.3, -0.25) is 0 Å². The van der Waals surface area contributed by atoms with Crippen LogP contribution in [0.1, 0.15) is 0 Å². The Morgan fingerprint density at radius 1 is 0.271 bits per heavy atom. The van der Waals surface area contributed by atoms with Gasteiger partial charge < -0.3 is 18.5 Å². The van der Waals surface area contributed by atoms with E-state index in [0.717, 1.165) is 67.1 Å². The molecule has 3 heterocycles. The second kappa shape index (κ2) is 16.2.